The van der Waals surface area contributed by atoms with E-state index >= 15 is 0 Å². The number of guanidine groups is 1. The van der Waals surface area contributed by atoms with Gasteiger partial charge in [-0.25, -0.2) is 9.98 Å². The minimum atomic E-state index is 0. The molecule has 0 aliphatic heterocycles. The quantitative estimate of drug-likeness (QED) is 0.337. The molecule has 0 atom stereocenters. The molecule has 0 saturated carbocycles. The molecule has 3 N–H and O–H groups in total. The fourth-order valence-electron chi connectivity index (χ4n) is 1.78. The molecule has 1 amide bonds. The van der Waals surface area contributed by atoms with Crippen molar-refractivity contribution in [3.05, 3.63) is 15.6 Å². The van der Waals surface area contributed by atoms with E-state index in [1.165, 1.54) is 4.88 Å². The van der Waals surface area contributed by atoms with Crippen LogP contribution >= 0.6 is 35.3 Å². The number of aryl methyl sites for hydroxylation is 2. The van der Waals surface area contributed by atoms with Crippen molar-refractivity contribution in [2.75, 3.05) is 13.1 Å². The van der Waals surface area contributed by atoms with Gasteiger partial charge < -0.3 is 16.0 Å². The van der Waals surface area contributed by atoms with E-state index in [1.54, 1.807) is 11.3 Å². The number of nitrogens with zero attached hydrogens (tertiary/aromatic N) is 2. The number of aromatic nitrogens is 1. The Kier molecular flexibility index (Phi) is 11.2. The van der Waals surface area contributed by atoms with Gasteiger partial charge in [-0.1, -0.05) is 0 Å². The van der Waals surface area contributed by atoms with Crippen LogP contribution in [0.4, 0.5) is 0 Å². The molecule has 0 unspecified atom stereocenters. The maximum absolute atomic E-state index is 11.6. The van der Waals surface area contributed by atoms with Crippen LogP contribution in [0.25, 0.3) is 0 Å². The lowest BCUT2D eigenvalue weighted by Gasteiger charge is -2.12. The first-order valence-electron chi connectivity index (χ1n) is 7.66. The summed E-state index contributed by atoms with van der Waals surface area (Å²) in [5, 5.41) is 10.2. The largest absolute Gasteiger partial charge is 0.357 e. The monoisotopic (exact) mass is 453 g/mol. The Morgan fingerprint density at radius 1 is 1.30 bits per heavy atom. The Bertz CT molecular complexity index is 496. The van der Waals surface area contributed by atoms with Crippen LogP contribution in [0.15, 0.2) is 4.99 Å². The zero-order chi connectivity index (χ0) is 16.5. The van der Waals surface area contributed by atoms with Gasteiger partial charge in [0.2, 0.25) is 5.91 Å². The first kappa shape index (κ1) is 22.1. The van der Waals surface area contributed by atoms with Gasteiger partial charge in [0, 0.05) is 30.4 Å². The average Bonchev–Trinajstić information content (AvgIpc) is 2.74. The molecular weight excluding hydrogens is 425 g/mol. The van der Waals surface area contributed by atoms with Crippen molar-refractivity contribution in [3.63, 3.8) is 0 Å². The Morgan fingerprint density at radius 2 is 2.00 bits per heavy atom. The number of amides is 1. The number of nitrogens with one attached hydrogen (secondary N) is 3. The molecule has 1 heterocycles. The zero-order valence-electron chi connectivity index (χ0n) is 14.5. The minimum absolute atomic E-state index is 0. The van der Waals surface area contributed by atoms with Gasteiger partial charge in [-0.15, -0.1) is 35.3 Å². The van der Waals surface area contributed by atoms with Crippen molar-refractivity contribution >= 4 is 47.2 Å². The van der Waals surface area contributed by atoms with Crippen LogP contribution in [0.2, 0.25) is 0 Å². The third kappa shape index (κ3) is 9.09. The average molecular weight is 453 g/mol. The van der Waals surface area contributed by atoms with Gasteiger partial charge in [0.25, 0.3) is 0 Å². The van der Waals surface area contributed by atoms with Crippen molar-refractivity contribution in [1.82, 2.24) is 20.9 Å². The van der Waals surface area contributed by atoms with Crippen molar-refractivity contribution in [2.45, 2.75) is 53.6 Å². The lowest BCUT2D eigenvalue weighted by molar-refractivity contribution is -0.121. The third-order valence-corrected chi connectivity index (χ3v) is 3.94. The van der Waals surface area contributed by atoms with Crippen molar-refractivity contribution in [2.24, 2.45) is 4.99 Å². The molecule has 0 radical (unpaired) electrons. The van der Waals surface area contributed by atoms with Crippen molar-refractivity contribution in [1.29, 1.82) is 0 Å². The molecule has 0 saturated heterocycles. The SMILES string of the molecule is CCNC(=NCc1nc(C)c(C)s1)NCCC(=O)NC(C)C.I. The number of aliphatic imine (C=N–C) groups is 1. The lowest BCUT2D eigenvalue weighted by Crippen LogP contribution is -2.40. The number of hydrogen-bond acceptors (Lipinski definition) is 4. The van der Waals surface area contributed by atoms with Crippen molar-refractivity contribution < 1.29 is 4.79 Å². The van der Waals surface area contributed by atoms with Gasteiger partial charge in [-0.05, 0) is 34.6 Å². The Labute approximate surface area is 160 Å². The smallest absolute Gasteiger partial charge is 0.221 e. The van der Waals surface area contributed by atoms with Crippen LogP contribution in [-0.4, -0.2) is 36.0 Å². The number of carbonyl (C=O) groups is 1. The summed E-state index contributed by atoms with van der Waals surface area (Å²) in [5.74, 6) is 0.759. The molecule has 0 aromatic carbocycles. The van der Waals surface area contributed by atoms with E-state index in [0.717, 1.165) is 17.2 Å². The molecule has 1 aromatic rings. The van der Waals surface area contributed by atoms with E-state index < -0.39 is 0 Å². The Hall–Kier alpha value is -0.900. The van der Waals surface area contributed by atoms with Crippen LogP contribution in [-0.2, 0) is 11.3 Å². The molecule has 132 valence electrons. The third-order valence-electron chi connectivity index (χ3n) is 2.88. The summed E-state index contributed by atoms with van der Waals surface area (Å²) in [6, 6.07) is 0.172. The van der Waals surface area contributed by atoms with Gasteiger partial charge in [0.15, 0.2) is 5.96 Å². The van der Waals surface area contributed by atoms with Crippen LogP contribution in [0.3, 0.4) is 0 Å². The molecule has 1 rings (SSSR count). The minimum Gasteiger partial charge on any atom is -0.357 e. The highest BCUT2D eigenvalue weighted by atomic mass is 127. The Balaban J connectivity index is 0.00000484. The highest BCUT2D eigenvalue weighted by Gasteiger charge is 2.05. The van der Waals surface area contributed by atoms with Gasteiger partial charge in [0.05, 0.1) is 12.2 Å². The van der Waals surface area contributed by atoms with Crippen LogP contribution < -0.4 is 16.0 Å². The maximum atomic E-state index is 11.6. The van der Waals surface area contributed by atoms with E-state index in [1.807, 2.05) is 27.7 Å². The molecule has 0 fully saturated rings. The number of rotatable bonds is 7. The van der Waals surface area contributed by atoms with E-state index in [2.05, 4.69) is 32.9 Å². The molecule has 0 spiro atoms. The molecule has 0 aliphatic rings. The molecule has 8 heteroatoms. The van der Waals surface area contributed by atoms with E-state index in [-0.39, 0.29) is 35.9 Å². The number of hydrogen-bond donors (Lipinski definition) is 3. The summed E-state index contributed by atoms with van der Waals surface area (Å²) in [4.78, 5) is 21.8. The van der Waals surface area contributed by atoms with Gasteiger partial charge in [-0.3, -0.25) is 4.79 Å². The second-order valence-electron chi connectivity index (χ2n) is 5.34. The lowest BCUT2D eigenvalue weighted by atomic mass is 10.3. The Morgan fingerprint density at radius 3 is 2.52 bits per heavy atom. The van der Waals surface area contributed by atoms with Crippen LogP contribution in [0.1, 0.15) is 42.8 Å². The molecular formula is C15H28IN5OS. The fourth-order valence-corrected chi connectivity index (χ4v) is 2.64. The predicted octanol–water partition coefficient (Wildman–Crippen LogP) is 2.35. The van der Waals surface area contributed by atoms with Crippen LogP contribution in [0, 0.1) is 13.8 Å². The molecule has 1 aromatic heterocycles. The standard InChI is InChI=1S/C15H27N5OS.HI/c1-6-16-15(17-8-7-13(21)19-10(2)3)18-9-14-20-11(4)12(5)22-14;/h10H,6-9H2,1-5H3,(H,19,21)(H2,16,17,18);1H. The first-order chi connectivity index (χ1) is 10.4. The molecule has 6 nitrogen and oxygen atoms in total. The highest BCUT2D eigenvalue weighted by molar-refractivity contribution is 14.0. The van der Waals surface area contributed by atoms with Gasteiger partial charge in [0.1, 0.15) is 5.01 Å². The van der Waals surface area contributed by atoms with Crippen LogP contribution in [0.5, 0.6) is 0 Å². The molecule has 0 bridgehead atoms. The zero-order valence-corrected chi connectivity index (χ0v) is 17.7. The topological polar surface area (TPSA) is 78.4 Å². The van der Waals surface area contributed by atoms with Gasteiger partial charge >= 0.3 is 0 Å². The summed E-state index contributed by atoms with van der Waals surface area (Å²) in [6.07, 6.45) is 0.429. The number of thiazole rings is 1. The van der Waals surface area contributed by atoms with Gasteiger partial charge in [-0.2, -0.15) is 0 Å². The molecule has 23 heavy (non-hydrogen) atoms. The maximum Gasteiger partial charge on any atom is 0.221 e. The van der Waals surface area contributed by atoms with E-state index in [9.17, 15) is 4.79 Å². The summed E-state index contributed by atoms with van der Waals surface area (Å²) >= 11 is 1.67. The second-order valence-corrected chi connectivity index (χ2v) is 6.63. The first-order valence-corrected chi connectivity index (χ1v) is 8.48. The number of halogens is 1. The molecule has 0 aliphatic carbocycles. The summed E-state index contributed by atoms with van der Waals surface area (Å²) in [7, 11) is 0. The fraction of sp³-hybridized carbons (Fsp3) is 0.667. The van der Waals surface area contributed by atoms with E-state index in [4.69, 9.17) is 0 Å². The second kappa shape index (κ2) is 11.6. The summed E-state index contributed by atoms with van der Waals surface area (Å²) in [5.41, 5.74) is 1.07. The number of carbonyl (C=O) groups excluding carboxylic acids is 1. The predicted molar refractivity (Wildman–Crippen MR) is 108 cm³/mol. The summed E-state index contributed by atoms with van der Waals surface area (Å²) < 4.78 is 0. The summed E-state index contributed by atoms with van der Waals surface area (Å²) in [6.45, 7) is 11.9. The van der Waals surface area contributed by atoms with E-state index in [0.29, 0.717) is 25.5 Å². The van der Waals surface area contributed by atoms with Crippen molar-refractivity contribution in [3.8, 4) is 0 Å². The highest BCUT2D eigenvalue weighted by Crippen LogP contribution is 2.16. The normalized spacial score (nSPS) is 11.1.